The van der Waals surface area contributed by atoms with E-state index in [1.54, 1.807) is 0 Å². The van der Waals surface area contributed by atoms with Gasteiger partial charge < -0.3 is 4.74 Å². The Morgan fingerprint density at radius 2 is 1.05 bits per heavy atom. The molecule has 0 atom stereocenters. The highest BCUT2D eigenvalue weighted by atomic mass is 16.5. The summed E-state index contributed by atoms with van der Waals surface area (Å²) in [6.07, 6.45) is 4.23. The van der Waals surface area contributed by atoms with E-state index in [9.17, 15) is 0 Å². The molecule has 0 unspecified atom stereocenters. The van der Waals surface area contributed by atoms with Crippen LogP contribution in [0.5, 0.6) is 11.5 Å². The van der Waals surface area contributed by atoms with Crippen molar-refractivity contribution >= 4 is 54.6 Å². The third kappa shape index (κ3) is 3.37. The molecule has 0 saturated heterocycles. The zero-order valence-corrected chi connectivity index (χ0v) is 22.8. The highest BCUT2D eigenvalue weighted by molar-refractivity contribution is 6.13. The number of aryl methyl sites for hydroxylation is 1. The van der Waals surface area contributed by atoms with E-state index in [2.05, 4.69) is 106 Å². The average Bonchev–Trinajstić information content (AvgIpc) is 3.67. The number of fused-ring (bicyclic) bond motifs is 12. The first-order chi connectivity index (χ1) is 20.7. The summed E-state index contributed by atoms with van der Waals surface area (Å²) >= 11 is 0. The molecule has 5 nitrogen and oxygen atoms in total. The largest absolute Gasteiger partial charge is 0.457 e. The van der Waals surface area contributed by atoms with Gasteiger partial charge in [0.1, 0.15) is 22.8 Å². The molecular formula is C37H24N4O. The number of nitrogens with zero attached hydrogens (tertiary/aromatic N) is 4. The van der Waals surface area contributed by atoms with Gasteiger partial charge in [-0.05, 0) is 66.2 Å². The van der Waals surface area contributed by atoms with Crippen molar-refractivity contribution < 1.29 is 4.74 Å². The Hall–Kier alpha value is -5.68. The number of pyridine rings is 2. The van der Waals surface area contributed by atoms with E-state index in [0.717, 1.165) is 72.3 Å². The second-order valence-electron chi connectivity index (χ2n) is 10.8. The Labute approximate surface area is 240 Å². The molecule has 0 N–H and O–H groups in total. The monoisotopic (exact) mass is 540 g/mol. The second kappa shape index (κ2) is 8.66. The van der Waals surface area contributed by atoms with Crippen molar-refractivity contribution in [3.05, 3.63) is 133 Å². The van der Waals surface area contributed by atoms with Crippen LogP contribution in [-0.2, 0) is 0 Å². The lowest BCUT2D eigenvalue weighted by atomic mass is 10.1. The highest BCUT2D eigenvalue weighted by Gasteiger charge is 2.15. The van der Waals surface area contributed by atoms with E-state index in [1.165, 1.54) is 10.8 Å². The summed E-state index contributed by atoms with van der Waals surface area (Å²) in [5.41, 5.74) is 7.14. The first-order valence-corrected chi connectivity index (χ1v) is 14.1. The highest BCUT2D eigenvalue weighted by Crippen LogP contribution is 2.37. The quantitative estimate of drug-likeness (QED) is 0.210. The van der Waals surface area contributed by atoms with Crippen molar-refractivity contribution in [3.8, 4) is 22.8 Å². The lowest BCUT2D eigenvalue weighted by Gasteiger charge is -2.12. The maximum absolute atomic E-state index is 6.54. The molecule has 5 aromatic carbocycles. The van der Waals surface area contributed by atoms with Crippen LogP contribution in [0.25, 0.3) is 65.9 Å². The predicted molar refractivity (Wildman–Crippen MR) is 171 cm³/mol. The smallest absolute Gasteiger partial charge is 0.146 e. The van der Waals surface area contributed by atoms with E-state index in [-0.39, 0.29) is 0 Å². The van der Waals surface area contributed by atoms with Crippen LogP contribution in [0.2, 0.25) is 0 Å². The van der Waals surface area contributed by atoms with E-state index in [1.807, 2.05) is 37.3 Å². The van der Waals surface area contributed by atoms with Gasteiger partial charge in [-0.3, -0.25) is 8.80 Å². The van der Waals surface area contributed by atoms with Crippen LogP contribution in [0.15, 0.2) is 128 Å². The van der Waals surface area contributed by atoms with Crippen LogP contribution in [0.3, 0.4) is 0 Å². The molecule has 5 heteroatoms. The Balaban J connectivity index is 1.23. The van der Waals surface area contributed by atoms with Crippen LogP contribution >= 0.6 is 0 Å². The lowest BCUT2D eigenvalue weighted by molar-refractivity contribution is 0.484. The number of aromatic nitrogens is 4. The first kappa shape index (κ1) is 23.1. The van der Waals surface area contributed by atoms with Gasteiger partial charge in [0, 0.05) is 39.5 Å². The van der Waals surface area contributed by atoms with Gasteiger partial charge in [-0.2, -0.15) is 0 Å². The van der Waals surface area contributed by atoms with Gasteiger partial charge in [-0.25, -0.2) is 9.97 Å². The Kier molecular flexibility index (Phi) is 4.75. The maximum atomic E-state index is 6.54. The molecule has 0 aliphatic heterocycles. The van der Waals surface area contributed by atoms with Crippen molar-refractivity contribution in [2.75, 3.05) is 0 Å². The third-order valence-electron chi connectivity index (χ3n) is 8.21. The molecule has 0 amide bonds. The van der Waals surface area contributed by atoms with Crippen molar-refractivity contribution in [3.63, 3.8) is 0 Å². The van der Waals surface area contributed by atoms with Crippen molar-refractivity contribution in [1.29, 1.82) is 0 Å². The predicted octanol–water partition coefficient (Wildman–Crippen LogP) is 9.36. The Bertz CT molecular complexity index is 2510. The van der Waals surface area contributed by atoms with Crippen molar-refractivity contribution in [1.82, 2.24) is 18.8 Å². The first-order valence-electron chi connectivity index (χ1n) is 14.1. The molecule has 0 saturated carbocycles. The maximum Gasteiger partial charge on any atom is 0.146 e. The van der Waals surface area contributed by atoms with Crippen molar-refractivity contribution in [2.45, 2.75) is 6.92 Å². The van der Waals surface area contributed by atoms with E-state index in [4.69, 9.17) is 14.7 Å². The SMILES string of the molecule is Cc1cn2c3ccccc3c3ccc(Oc4ccc5c6ccccc6n6cc(-c7ccccc7)nc6c5c4)cc3c2n1. The molecule has 0 fully saturated rings. The summed E-state index contributed by atoms with van der Waals surface area (Å²) in [6.45, 7) is 2.03. The molecule has 0 radical (unpaired) electrons. The molecule has 0 aliphatic carbocycles. The molecule has 198 valence electrons. The molecule has 0 spiro atoms. The normalized spacial score (nSPS) is 11.9. The van der Waals surface area contributed by atoms with E-state index in [0.29, 0.717) is 0 Å². The number of ether oxygens (including phenoxy) is 1. The number of para-hydroxylation sites is 2. The third-order valence-corrected chi connectivity index (χ3v) is 8.21. The molecule has 0 aliphatic rings. The number of hydrogen-bond acceptors (Lipinski definition) is 3. The molecule has 42 heavy (non-hydrogen) atoms. The fourth-order valence-electron chi connectivity index (χ4n) is 6.35. The fraction of sp³-hybridized carbons (Fsp3) is 0.0270. The van der Waals surface area contributed by atoms with E-state index >= 15 is 0 Å². The van der Waals surface area contributed by atoms with Gasteiger partial charge in [0.05, 0.1) is 22.4 Å². The van der Waals surface area contributed by atoms with Crippen LogP contribution in [0, 0.1) is 6.92 Å². The average molecular weight is 541 g/mol. The standard InChI is InChI=1S/C37H24N4O/c1-23-21-40-34-13-7-5-11-29(34)27-17-15-25(19-31(27)36(40)38-23)42-26-16-18-28-30-12-6-8-14-35(30)41-22-33(24-9-3-2-4-10-24)39-37(41)32(28)20-26/h2-22H,1H3. The topological polar surface area (TPSA) is 43.8 Å². The lowest BCUT2D eigenvalue weighted by Crippen LogP contribution is -1.92. The zero-order valence-electron chi connectivity index (χ0n) is 22.8. The van der Waals surface area contributed by atoms with E-state index < -0.39 is 0 Å². The fourth-order valence-corrected chi connectivity index (χ4v) is 6.35. The van der Waals surface area contributed by atoms with Gasteiger partial charge in [-0.1, -0.05) is 66.7 Å². The summed E-state index contributed by atoms with van der Waals surface area (Å²) < 4.78 is 10.9. The molecule has 9 rings (SSSR count). The van der Waals surface area contributed by atoms with Crippen LogP contribution in [-0.4, -0.2) is 18.8 Å². The number of rotatable bonds is 3. The number of imidazole rings is 2. The minimum absolute atomic E-state index is 0.764. The summed E-state index contributed by atoms with van der Waals surface area (Å²) in [5, 5.41) is 6.79. The second-order valence-corrected chi connectivity index (χ2v) is 10.8. The summed E-state index contributed by atoms with van der Waals surface area (Å²) in [6, 6.07) is 39.9. The van der Waals surface area contributed by atoms with Gasteiger partial charge >= 0.3 is 0 Å². The van der Waals surface area contributed by atoms with Gasteiger partial charge in [0.15, 0.2) is 0 Å². The number of hydrogen-bond donors (Lipinski definition) is 0. The Morgan fingerprint density at radius 3 is 1.69 bits per heavy atom. The van der Waals surface area contributed by atoms with Gasteiger partial charge in [-0.15, -0.1) is 0 Å². The van der Waals surface area contributed by atoms with Crippen molar-refractivity contribution in [2.24, 2.45) is 0 Å². The van der Waals surface area contributed by atoms with Gasteiger partial charge in [0.25, 0.3) is 0 Å². The molecule has 4 aromatic heterocycles. The summed E-state index contributed by atoms with van der Waals surface area (Å²) in [4.78, 5) is 9.98. The summed E-state index contributed by atoms with van der Waals surface area (Å²) in [5.74, 6) is 1.53. The minimum Gasteiger partial charge on any atom is -0.457 e. The van der Waals surface area contributed by atoms with Gasteiger partial charge in [0.2, 0.25) is 0 Å². The number of benzene rings is 5. The van der Waals surface area contributed by atoms with Crippen LogP contribution in [0.4, 0.5) is 0 Å². The summed E-state index contributed by atoms with van der Waals surface area (Å²) in [7, 11) is 0. The van der Waals surface area contributed by atoms with Crippen LogP contribution in [0.1, 0.15) is 5.69 Å². The molecule has 9 aromatic rings. The molecule has 4 heterocycles. The zero-order chi connectivity index (χ0) is 27.8. The van der Waals surface area contributed by atoms with Crippen LogP contribution < -0.4 is 4.74 Å². The molecular weight excluding hydrogens is 516 g/mol. The molecule has 0 bridgehead atoms. The Morgan fingerprint density at radius 1 is 0.500 bits per heavy atom. The minimum atomic E-state index is 0.764.